The predicted molar refractivity (Wildman–Crippen MR) is 69.7 cm³/mol. The summed E-state index contributed by atoms with van der Waals surface area (Å²) in [5.41, 5.74) is 1.18. The van der Waals surface area contributed by atoms with E-state index in [9.17, 15) is 5.11 Å². The maximum Gasteiger partial charge on any atom is 0.0787 e. The van der Waals surface area contributed by atoms with Gasteiger partial charge < -0.3 is 9.84 Å². The monoisotopic (exact) mass is 234 g/mol. The van der Waals surface area contributed by atoms with Crippen LogP contribution in [-0.2, 0) is 4.74 Å². The van der Waals surface area contributed by atoms with Crippen molar-refractivity contribution < 1.29 is 9.84 Å². The van der Waals surface area contributed by atoms with E-state index in [-0.39, 0.29) is 6.10 Å². The molecule has 2 aliphatic rings. The predicted octanol–water partition coefficient (Wildman–Crippen LogP) is 3.00. The van der Waals surface area contributed by atoms with Gasteiger partial charge in [-0.15, -0.1) is 0 Å². The number of hydrogen-bond acceptors (Lipinski definition) is 2. The molecule has 0 radical (unpaired) electrons. The number of rotatable bonds is 4. The Kier molecular flexibility index (Phi) is 4.57. The fourth-order valence-corrected chi connectivity index (χ4v) is 2.61. The zero-order valence-electron chi connectivity index (χ0n) is 10.5. The molecule has 0 aromatic carbocycles. The Labute approximate surface area is 104 Å². The zero-order valence-corrected chi connectivity index (χ0v) is 10.5. The number of allylic oxidation sites excluding steroid dienone is 3. The maximum atomic E-state index is 9.83. The molecule has 94 valence electrons. The minimum Gasteiger partial charge on any atom is -0.388 e. The number of ether oxygens (including phenoxy) is 1. The van der Waals surface area contributed by atoms with E-state index in [1.54, 1.807) is 7.11 Å². The Morgan fingerprint density at radius 3 is 3.00 bits per heavy atom. The van der Waals surface area contributed by atoms with Crippen LogP contribution in [0.5, 0.6) is 0 Å². The molecule has 0 saturated heterocycles. The van der Waals surface area contributed by atoms with E-state index < -0.39 is 0 Å². The molecule has 2 heteroatoms. The summed E-state index contributed by atoms with van der Waals surface area (Å²) >= 11 is 0. The third-order valence-electron chi connectivity index (χ3n) is 3.74. The van der Waals surface area contributed by atoms with Gasteiger partial charge in [-0.25, -0.2) is 0 Å². The van der Waals surface area contributed by atoms with Gasteiger partial charge in [-0.3, -0.25) is 0 Å². The summed E-state index contributed by atoms with van der Waals surface area (Å²) in [6.07, 6.45) is 15.8. The minimum atomic E-state index is -0.259. The standard InChI is InChI=1S/C15H22O2/c1-17-14-7-4-5-12(11-14)9-10-13-6-2-3-8-15(13)16/h2-6,12,14-16H,7-11H2,1H3. The van der Waals surface area contributed by atoms with Crippen LogP contribution < -0.4 is 0 Å². The maximum absolute atomic E-state index is 9.83. The fraction of sp³-hybridized carbons (Fsp3) is 0.600. The van der Waals surface area contributed by atoms with E-state index >= 15 is 0 Å². The molecule has 0 amide bonds. The second kappa shape index (κ2) is 6.18. The highest BCUT2D eigenvalue weighted by Gasteiger charge is 2.19. The van der Waals surface area contributed by atoms with Gasteiger partial charge in [0.05, 0.1) is 12.2 Å². The summed E-state index contributed by atoms with van der Waals surface area (Å²) in [4.78, 5) is 0. The summed E-state index contributed by atoms with van der Waals surface area (Å²) in [5.74, 6) is 0.604. The van der Waals surface area contributed by atoms with Crippen LogP contribution >= 0.6 is 0 Å². The fourth-order valence-electron chi connectivity index (χ4n) is 2.61. The highest BCUT2D eigenvalue weighted by atomic mass is 16.5. The van der Waals surface area contributed by atoms with Crippen molar-refractivity contribution >= 4 is 0 Å². The van der Waals surface area contributed by atoms with Crippen LogP contribution in [0, 0.1) is 5.92 Å². The van der Waals surface area contributed by atoms with Crippen molar-refractivity contribution in [3.8, 4) is 0 Å². The van der Waals surface area contributed by atoms with E-state index in [0.29, 0.717) is 12.0 Å². The van der Waals surface area contributed by atoms with E-state index in [4.69, 9.17) is 4.74 Å². The molecule has 2 nitrogen and oxygen atoms in total. The molecule has 1 N–H and O–H groups in total. The smallest absolute Gasteiger partial charge is 0.0787 e. The Balaban J connectivity index is 1.82. The van der Waals surface area contributed by atoms with Gasteiger partial charge in [-0.05, 0) is 43.6 Å². The Morgan fingerprint density at radius 1 is 1.35 bits per heavy atom. The largest absolute Gasteiger partial charge is 0.388 e. The molecule has 0 bridgehead atoms. The molecule has 3 unspecified atom stereocenters. The van der Waals surface area contributed by atoms with Crippen LogP contribution in [0.25, 0.3) is 0 Å². The van der Waals surface area contributed by atoms with Crippen LogP contribution in [-0.4, -0.2) is 24.4 Å². The van der Waals surface area contributed by atoms with Crippen LogP contribution in [0.2, 0.25) is 0 Å². The van der Waals surface area contributed by atoms with Gasteiger partial charge in [0.25, 0.3) is 0 Å². The first kappa shape index (κ1) is 12.6. The number of aliphatic hydroxyl groups is 1. The lowest BCUT2D eigenvalue weighted by atomic mass is 9.87. The van der Waals surface area contributed by atoms with Gasteiger partial charge >= 0.3 is 0 Å². The van der Waals surface area contributed by atoms with Crippen molar-refractivity contribution in [1.82, 2.24) is 0 Å². The molecule has 2 rings (SSSR count). The second-order valence-corrected chi connectivity index (χ2v) is 4.98. The van der Waals surface area contributed by atoms with Crippen LogP contribution in [0.3, 0.4) is 0 Å². The molecular weight excluding hydrogens is 212 g/mol. The van der Waals surface area contributed by atoms with Gasteiger partial charge in [0.15, 0.2) is 0 Å². The van der Waals surface area contributed by atoms with Gasteiger partial charge in [-0.2, -0.15) is 0 Å². The lowest BCUT2D eigenvalue weighted by molar-refractivity contribution is 0.0819. The minimum absolute atomic E-state index is 0.259. The molecule has 17 heavy (non-hydrogen) atoms. The molecule has 3 atom stereocenters. The van der Waals surface area contributed by atoms with Crippen molar-refractivity contribution in [2.24, 2.45) is 5.92 Å². The van der Waals surface area contributed by atoms with E-state index in [1.165, 1.54) is 5.57 Å². The van der Waals surface area contributed by atoms with Crippen LogP contribution in [0.1, 0.15) is 32.1 Å². The van der Waals surface area contributed by atoms with Crippen molar-refractivity contribution in [2.75, 3.05) is 7.11 Å². The number of hydrogen-bond donors (Lipinski definition) is 1. The zero-order chi connectivity index (χ0) is 12.1. The summed E-state index contributed by atoms with van der Waals surface area (Å²) < 4.78 is 5.41. The van der Waals surface area contributed by atoms with Gasteiger partial charge in [0.2, 0.25) is 0 Å². The summed E-state index contributed by atoms with van der Waals surface area (Å²) in [7, 11) is 1.79. The summed E-state index contributed by atoms with van der Waals surface area (Å²) in [6, 6.07) is 0. The molecule has 0 aliphatic heterocycles. The lowest BCUT2D eigenvalue weighted by Gasteiger charge is -2.25. The SMILES string of the molecule is COC1CC=CC(CCC2=CC=CCC2O)C1. The van der Waals surface area contributed by atoms with Crippen molar-refractivity contribution in [3.63, 3.8) is 0 Å². The van der Waals surface area contributed by atoms with E-state index in [2.05, 4.69) is 24.3 Å². The first-order valence-electron chi connectivity index (χ1n) is 6.52. The van der Waals surface area contributed by atoms with Crippen LogP contribution in [0.15, 0.2) is 36.0 Å². The normalized spacial score (nSPS) is 32.6. The topological polar surface area (TPSA) is 29.5 Å². The third-order valence-corrected chi connectivity index (χ3v) is 3.74. The molecule has 0 heterocycles. The summed E-state index contributed by atoms with van der Waals surface area (Å²) in [6.45, 7) is 0. The average molecular weight is 234 g/mol. The summed E-state index contributed by atoms with van der Waals surface area (Å²) in [5, 5.41) is 9.83. The quantitative estimate of drug-likeness (QED) is 0.758. The lowest BCUT2D eigenvalue weighted by Crippen LogP contribution is -2.19. The van der Waals surface area contributed by atoms with Crippen molar-refractivity contribution in [3.05, 3.63) is 36.0 Å². The Morgan fingerprint density at radius 2 is 2.24 bits per heavy atom. The molecule has 0 aromatic heterocycles. The first-order valence-corrected chi connectivity index (χ1v) is 6.52. The second-order valence-electron chi connectivity index (χ2n) is 4.98. The Bertz CT molecular complexity index is 328. The van der Waals surface area contributed by atoms with Crippen molar-refractivity contribution in [2.45, 2.75) is 44.3 Å². The molecule has 0 spiro atoms. The highest BCUT2D eigenvalue weighted by Crippen LogP contribution is 2.27. The Hall–Kier alpha value is -0.860. The molecular formula is C15H22O2. The van der Waals surface area contributed by atoms with Gasteiger partial charge in [-0.1, -0.05) is 30.4 Å². The number of aliphatic hydroxyl groups excluding tert-OH is 1. The number of methoxy groups -OCH3 is 1. The third kappa shape index (κ3) is 3.55. The van der Waals surface area contributed by atoms with Gasteiger partial charge in [0.1, 0.15) is 0 Å². The molecule has 0 aromatic rings. The average Bonchev–Trinajstić information content (AvgIpc) is 2.38. The van der Waals surface area contributed by atoms with Crippen LogP contribution in [0.4, 0.5) is 0 Å². The van der Waals surface area contributed by atoms with Gasteiger partial charge in [0, 0.05) is 7.11 Å². The highest BCUT2D eigenvalue weighted by molar-refractivity contribution is 5.22. The van der Waals surface area contributed by atoms with E-state index in [0.717, 1.165) is 32.1 Å². The molecule has 0 fully saturated rings. The van der Waals surface area contributed by atoms with Crippen molar-refractivity contribution in [1.29, 1.82) is 0 Å². The van der Waals surface area contributed by atoms with E-state index in [1.807, 2.05) is 6.08 Å². The molecule has 2 aliphatic carbocycles. The first-order chi connectivity index (χ1) is 8.29. The molecule has 0 saturated carbocycles.